The highest BCUT2D eigenvalue weighted by Gasteiger charge is 2.29. The van der Waals surface area contributed by atoms with Crippen molar-refractivity contribution in [3.63, 3.8) is 0 Å². The van der Waals surface area contributed by atoms with Gasteiger partial charge in [0.1, 0.15) is 5.82 Å². The Morgan fingerprint density at radius 2 is 1.89 bits per heavy atom. The van der Waals surface area contributed by atoms with Crippen LogP contribution in [0.5, 0.6) is 0 Å². The molecule has 4 nitrogen and oxygen atoms in total. The minimum absolute atomic E-state index is 0.0320. The van der Waals surface area contributed by atoms with Crippen molar-refractivity contribution in [3.05, 3.63) is 39.7 Å². The van der Waals surface area contributed by atoms with E-state index < -0.39 is 16.3 Å². The Bertz CT molecular complexity index is 469. The highest BCUT2D eigenvalue weighted by Crippen LogP contribution is 2.31. The summed E-state index contributed by atoms with van der Waals surface area (Å²) in [5.74, 6) is -0.446. The van der Waals surface area contributed by atoms with Gasteiger partial charge in [0.05, 0.1) is 4.92 Å². The van der Waals surface area contributed by atoms with E-state index in [9.17, 15) is 14.5 Å². The topological polar surface area (TPSA) is 69.2 Å². The van der Waals surface area contributed by atoms with Gasteiger partial charge in [0, 0.05) is 17.2 Å². The summed E-state index contributed by atoms with van der Waals surface area (Å²) in [6.45, 7) is 0. The van der Waals surface area contributed by atoms with Gasteiger partial charge in [-0.2, -0.15) is 0 Å². The van der Waals surface area contributed by atoms with Gasteiger partial charge < -0.3 is 5.73 Å². The summed E-state index contributed by atoms with van der Waals surface area (Å²) in [5, 5.41) is 11.0. The molecule has 1 aromatic rings. The van der Waals surface area contributed by atoms with Crippen LogP contribution in [-0.2, 0) is 6.42 Å². The Morgan fingerprint density at radius 3 is 2.47 bits per heavy atom. The quantitative estimate of drug-likeness (QED) is 0.518. The molecule has 1 aliphatic carbocycles. The molecule has 1 saturated carbocycles. The van der Waals surface area contributed by atoms with E-state index in [4.69, 9.17) is 5.73 Å². The molecule has 19 heavy (non-hydrogen) atoms. The highest BCUT2D eigenvalue weighted by atomic mass is 19.1. The third-order valence-corrected chi connectivity index (χ3v) is 3.88. The minimum Gasteiger partial charge on any atom is -0.325 e. The predicted octanol–water partition coefficient (Wildman–Crippen LogP) is 3.33. The SMILES string of the molecule is NC1(Cc2cc(F)ccc2[N+](=O)[O-])CCCCCC1. The van der Waals surface area contributed by atoms with E-state index >= 15 is 0 Å². The van der Waals surface area contributed by atoms with Crippen LogP contribution in [0, 0.1) is 15.9 Å². The van der Waals surface area contributed by atoms with Crippen LogP contribution in [0.4, 0.5) is 10.1 Å². The van der Waals surface area contributed by atoms with Crippen molar-refractivity contribution in [2.45, 2.75) is 50.5 Å². The molecule has 104 valence electrons. The molecule has 5 heteroatoms. The monoisotopic (exact) mass is 266 g/mol. The molecule has 0 bridgehead atoms. The molecule has 0 unspecified atom stereocenters. The second-order valence-electron chi connectivity index (χ2n) is 5.48. The first kappa shape index (κ1) is 13.9. The van der Waals surface area contributed by atoms with Gasteiger partial charge in [-0.1, -0.05) is 25.7 Å². The number of nitro benzene ring substituents is 1. The molecule has 0 radical (unpaired) electrons. The molecule has 0 atom stereocenters. The molecule has 1 fully saturated rings. The predicted molar refractivity (Wildman–Crippen MR) is 71.4 cm³/mol. The second kappa shape index (κ2) is 5.65. The van der Waals surface area contributed by atoms with E-state index in [1.54, 1.807) is 0 Å². The Labute approximate surface area is 112 Å². The summed E-state index contributed by atoms with van der Waals surface area (Å²) in [6.07, 6.45) is 6.47. The van der Waals surface area contributed by atoms with E-state index in [-0.39, 0.29) is 5.69 Å². The summed E-state index contributed by atoms with van der Waals surface area (Å²) in [4.78, 5) is 10.5. The van der Waals surface area contributed by atoms with Crippen LogP contribution in [0.3, 0.4) is 0 Å². The van der Waals surface area contributed by atoms with Crippen LogP contribution in [0.25, 0.3) is 0 Å². The number of halogens is 1. The van der Waals surface area contributed by atoms with E-state index in [1.807, 2.05) is 0 Å². The number of hydrogen-bond acceptors (Lipinski definition) is 3. The fourth-order valence-corrected chi connectivity index (χ4v) is 2.86. The third-order valence-electron chi connectivity index (χ3n) is 3.88. The van der Waals surface area contributed by atoms with Crippen LogP contribution >= 0.6 is 0 Å². The standard InChI is InChI=1S/C14H19FN2O2/c15-12-5-6-13(17(18)19)11(9-12)10-14(16)7-3-1-2-4-8-14/h5-6,9H,1-4,7-8,10,16H2. The lowest BCUT2D eigenvalue weighted by atomic mass is 9.84. The van der Waals surface area contributed by atoms with E-state index in [2.05, 4.69) is 0 Å². The first-order valence-electron chi connectivity index (χ1n) is 6.72. The lowest BCUT2D eigenvalue weighted by molar-refractivity contribution is -0.385. The molecule has 0 saturated heterocycles. The van der Waals surface area contributed by atoms with E-state index in [1.165, 1.54) is 12.1 Å². The molecule has 0 spiro atoms. The summed E-state index contributed by atoms with van der Waals surface area (Å²) >= 11 is 0. The molecule has 2 N–H and O–H groups in total. The smallest absolute Gasteiger partial charge is 0.272 e. The molecule has 1 aromatic carbocycles. The van der Waals surface area contributed by atoms with Crippen LogP contribution in [0.15, 0.2) is 18.2 Å². The molecule has 0 aromatic heterocycles. The fourth-order valence-electron chi connectivity index (χ4n) is 2.86. The fraction of sp³-hybridized carbons (Fsp3) is 0.571. The van der Waals surface area contributed by atoms with Crippen molar-refractivity contribution in [1.82, 2.24) is 0 Å². The molecule has 2 rings (SSSR count). The Kier molecular flexibility index (Phi) is 4.14. The van der Waals surface area contributed by atoms with Gasteiger partial charge in [0.2, 0.25) is 0 Å². The van der Waals surface area contributed by atoms with Gasteiger partial charge in [-0.05, 0) is 31.4 Å². The van der Waals surface area contributed by atoms with Crippen molar-refractivity contribution in [1.29, 1.82) is 0 Å². The largest absolute Gasteiger partial charge is 0.325 e. The lowest BCUT2D eigenvalue weighted by Crippen LogP contribution is -2.41. The van der Waals surface area contributed by atoms with Crippen LogP contribution in [0.2, 0.25) is 0 Å². The molecule has 0 heterocycles. The summed E-state index contributed by atoms with van der Waals surface area (Å²) < 4.78 is 13.3. The third kappa shape index (κ3) is 3.50. The maximum absolute atomic E-state index is 13.3. The van der Waals surface area contributed by atoms with Gasteiger partial charge in [-0.25, -0.2) is 4.39 Å². The summed E-state index contributed by atoms with van der Waals surface area (Å²) in [5.41, 5.74) is 6.31. The maximum Gasteiger partial charge on any atom is 0.272 e. The van der Waals surface area contributed by atoms with Gasteiger partial charge in [0.15, 0.2) is 0 Å². The first-order chi connectivity index (χ1) is 9.00. The number of nitrogens with zero attached hydrogens (tertiary/aromatic N) is 1. The summed E-state index contributed by atoms with van der Waals surface area (Å²) in [6, 6.07) is 3.60. The number of nitro groups is 1. The van der Waals surface area contributed by atoms with Gasteiger partial charge in [-0.3, -0.25) is 10.1 Å². The zero-order valence-electron chi connectivity index (χ0n) is 10.9. The van der Waals surface area contributed by atoms with Crippen LogP contribution < -0.4 is 5.73 Å². The molecule has 1 aliphatic rings. The molecular formula is C14H19FN2O2. The summed E-state index contributed by atoms with van der Waals surface area (Å²) in [7, 11) is 0. The lowest BCUT2D eigenvalue weighted by Gasteiger charge is -2.28. The Balaban J connectivity index is 2.26. The second-order valence-corrected chi connectivity index (χ2v) is 5.48. The first-order valence-corrected chi connectivity index (χ1v) is 6.72. The Morgan fingerprint density at radius 1 is 1.26 bits per heavy atom. The van der Waals surface area contributed by atoms with Crippen molar-refractivity contribution in [2.75, 3.05) is 0 Å². The van der Waals surface area contributed by atoms with Gasteiger partial charge in [-0.15, -0.1) is 0 Å². The van der Waals surface area contributed by atoms with Crippen molar-refractivity contribution < 1.29 is 9.31 Å². The van der Waals surface area contributed by atoms with Crippen LogP contribution in [0.1, 0.15) is 44.1 Å². The average Bonchev–Trinajstić information content (AvgIpc) is 2.53. The van der Waals surface area contributed by atoms with Crippen molar-refractivity contribution in [2.24, 2.45) is 5.73 Å². The zero-order valence-corrected chi connectivity index (χ0v) is 10.9. The Hall–Kier alpha value is -1.49. The maximum atomic E-state index is 13.3. The molecular weight excluding hydrogens is 247 g/mol. The van der Waals surface area contributed by atoms with Crippen LogP contribution in [-0.4, -0.2) is 10.5 Å². The zero-order chi connectivity index (χ0) is 13.9. The molecule has 0 amide bonds. The van der Waals surface area contributed by atoms with E-state index in [0.29, 0.717) is 12.0 Å². The van der Waals surface area contributed by atoms with Crippen molar-refractivity contribution in [3.8, 4) is 0 Å². The minimum atomic E-state index is -0.463. The number of nitrogens with two attached hydrogens (primary N) is 1. The van der Waals surface area contributed by atoms with E-state index in [0.717, 1.165) is 44.6 Å². The number of benzene rings is 1. The normalized spacial score (nSPS) is 18.8. The van der Waals surface area contributed by atoms with Gasteiger partial charge in [0.25, 0.3) is 5.69 Å². The average molecular weight is 266 g/mol. The number of rotatable bonds is 3. The number of hydrogen-bond donors (Lipinski definition) is 1. The highest BCUT2D eigenvalue weighted by molar-refractivity contribution is 5.41. The van der Waals surface area contributed by atoms with Crippen molar-refractivity contribution >= 4 is 5.69 Å². The van der Waals surface area contributed by atoms with Gasteiger partial charge >= 0.3 is 0 Å². The molecule has 0 aliphatic heterocycles.